The molecule has 0 bridgehead atoms. The van der Waals surface area contributed by atoms with Gasteiger partial charge in [0.15, 0.2) is 5.82 Å². The highest BCUT2D eigenvalue weighted by Crippen LogP contribution is 2.40. The van der Waals surface area contributed by atoms with E-state index in [0.717, 1.165) is 23.2 Å². The number of allylic oxidation sites excluding steroid dienone is 3. The number of hydrogen-bond acceptors (Lipinski definition) is 3. The van der Waals surface area contributed by atoms with Gasteiger partial charge in [0.05, 0.1) is 5.69 Å². The van der Waals surface area contributed by atoms with Crippen molar-refractivity contribution in [3.8, 4) is 22.6 Å². The van der Waals surface area contributed by atoms with Crippen molar-refractivity contribution in [2.24, 2.45) is 0 Å². The molecule has 0 amide bonds. The Kier molecular flexibility index (Phi) is 4.12. The lowest BCUT2D eigenvalue weighted by Gasteiger charge is -2.08. The lowest BCUT2D eigenvalue weighted by Crippen LogP contribution is -1.94. The highest BCUT2D eigenvalue weighted by atomic mass is 35.5. The van der Waals surface area contributed by atoms with Gasteiger partial charge in [-0.25, -0.2) is 9.97 Å². The highest BCUT2D eigenvalue weighted by Gasteiger charge is 2.17. The molecule has 0 fully saturated rings. The molecule has 1 aliphatic rings. The van der Waals surface area contributed by atoms with E-state index in [1.807, 2.05) is 47.7 Å². The Bertz CT molecular complexity index is 1210. The summed E-state index contributed by atoms with van der Waals surface area (Å²) in [6.45, 7) is 0. The Labute approximate surface area is 166 Å². The van der Waals surface area contributed by atoms with Crippen molar-refractivity contribution in [1.82, 2.24) is 9.97 Å². The van der Waals surface area contributed by atoms with Crippen LogP contribution in [-0.4, -0.2) is 9.97 Å². The Balaban J connectivity index is 1.75. The molecule has 2 heterocycles. The van der Waals surface area contributed by atoms with E-state index in [-0.39, 0.29) is 0 Å². The third-order valence-electron chi connectivity index (χ3n) is 4.66. The summed E-state index contributed by atoms with van der Waals surface area (Å²) in [6.07, 6.45) is 9.53. The second kappa shape index (κ2) is 6.76. The molecule has 5 rings (SSSR count). The number of fused-ring (bicyclic) bond motifs is 3. The van der Waals surface area contributed by atoms with E-state index in [0.29, 0.717) is 11.0 Å². The molecule has 0 spiro atoms. The average molecular weight is 387 g/mol. The maximum atomic E-state index is 6.37. The second-order valence-electron chi connectivity index (χ2n) is 6.38. The van der Waals surface area contributed by atoms with Gasteiger partial charge in [-0.3, -0.25) is 0 Å². The molecule has 4 aromatic rings. The van der Waals surface area contributed by atoms with Crippen molar-refractivity contribution in [2.45, 2.75) is 6.42 Å². The van der Waals surface area contributed by atoms with Crippen molar-refractivity contribution >= 4 is 39.1 Å². The number of nitrogens with zero attached hydrogens (tertiary/aromatic N) is 2. The summed E-state index contributed by atoms with van der Waals surface area (Å²) in [5.41, 5.74) is 4.28. The number of aromatic nitrogens is 2. The van der Waals surface area contributed by atoms with Crippen LogP contribution in [0.5, 0.6) is 0 Å². The monoisotopic (exact) mass is 386 g/mol. The summed E-state index contributed by atoms with van der Waals surface area (Å²) in [4.78, 5) is 10.6. The van der Waals surface area contributed by atoms with Gasteiger partial charge in [0.1, 0.15) is 5.15 Å². The molecule has 130 valence electrons. The van der Waals surface area contributed by atoms with Gasteiger partial charge < -0.3 is 0 Å². The third-order valence-corrected chi connectivity index (χ3v) is 6.02. The first kappa shape index (κ1) is 16.4. The molecule has 0 atom stereocenters. The fraction of sp³-hybridized carbons (Fsp3) is 0.0435. The highest BCUT2D eigenvalue weighted by molar-refractivity contribution is 7.20. The van der Waals surface area contributed by atoms with E-state index in [1.54, 1.807) is 0 Å². The van der Waals surface area contributed by atoms with Gasteiger partial charge in [0.25, 0.3) is 0 Å². The minimum Gasteiger partial charge on any atom is -0.228 e. The molecular weight excluding hydrogens is 372 g/mol. The molecule has 1 aliphatic carbocycles. The van der Waals surface area contributed by atoms with Gasteiger partial charge >= 0.3 is 0 Å². The summed E-state index contributed by atoms with van der Waals surface area (Å²) in [5, 5.41) is 1.72. The SMILES string of the molecule is Clc1cc(-c2cccc3sc4c(c23)CC=CC=C4)nc(-c2ccccc2)n1. The maximum Gasteiger partial charge on any atom is 0.161 e. The summed E-state index contributed by atoms with van der Waals surface area (Å²) in [6, 6.07) is 18.2. The molecule has 2 aromatic heterocycles. The van der Waals surface area contributed by atoms with Crippen molar-refractivity contribution < 1.29 is 0 Å². The smallest absolute Gasteiger partial charge is 0.161 e. The summed E-state index contributed by atoms with van der Waals surface area (Å²) < 4.78 is 1.27. The van der Waals surface area contributed by atoms with Crippen molar-refractivity contribution in [1.29, 1.82) is 0 Å². The summed E-state index contributed by atoms with van der Waals surface area (Å²) in [7, 11) is 0. The Morgan fingerprint density at radius 1 is 0.926 bits per heavy atom. The largest absolute Gasteiger partial charge is 0.228 e. The first-order valence-corrected chi connectivity index (χ1v) is 9.97. The molecule has 0 saturated heterocycles. The molecule has 0 aliphatic heterocycles. The number of hydrogen-bond donors (Lipinski definition) is 0. The van der Waals surface area contributed by atoms with Crippen molar-refractivity contribution in [3.05, 3.63) is 88.4 Å². The van der Waals surface area contributed by atoms with E-state index in [2.05, 4.69) is 47.5 Å². The second-order valence-corrected chi connectivity index (χ2v) is 7.85. The first-order chi connectivity index (χ1) is 13.3. The third kappa shape index (κ3) is 2.99. The maximum absolute atomic E-state index is 6.37. The van der Waals surface area contributed by atoms with Crippen LogP contribution < -0.4 is 0 Å². The topological polar surface area (TPSA) is 25.8 Å². The van der Waals surface area contributed by atoms with Crippen LogP contribution in [0, 0.1) is 0 Å². The fourth-order valence-corrected chi connectivity index (χ4v) is 4.82. The Morgan fingerprint density at radius 3 is 2.70 bits per heavy atom. The normalized spacial score (nSPS) is 12.9. The number of halogens is 1. The van der Waals surface area contributed by atoms with Crippen LogP contribution in [0.25, 0.3) is 38.8 Å². The van der Waals surface area contributed by atoms with Crippen LogP contribution in [0.1, 0.15) is 10.4 Å². The molecule has 4 heteroatoms. The summed E-state index contributed by atoms with van der Waals surface area (Å²) in [5.74, 6) is 0.649. The minimum atomic E-state index is 0.456. The van der Waals surface area contributed by atoms with E-state index < -0.39 is 0 Å². The van der Waals surface area contributed by atoms with Gasteiger partial charge in [0, 0.05) is 32.2 Å². The van der Waals surface area contributed by atoms with E-state index in [9.17, 15) is 0 Å². The predicted molar refractivity (Wildman–Crippen MR) is 115 cm³/mol. The van der Waals surface area contributed by atoms with Crippen LogP contribution in [0.3, 0.4) is 0 Å². The van der Waals surface area contributed by atoms with E-state index in [1.165, 1.54) is 20.5 Å². The molecule has 0 N–H and O–H groups in total. The molecule has 0 radical (unpaired) electrons. The van der Waals surface area contributed by atoms with E-state index in [4.69, 9.17) is 16.6 Å². The lowest BCUT2D eigenvalue weighted by atomic mass is 10.00. The number of benzene rings is 2. The van der Waals surface area contributed by atoms with Crippen LogP contribution in [0.15, 0.2) is 72.8 Å². The predicted octanol–water partition coefficient (Wildman–Crippen LogP) is 6.80. The van der Waals surface area contributed by atoms with Gasteiger partial charge in [-0.1, -0.05) is 72.3 Å². The number of thiophene rings is 1. The van der Waals surface area contributed by atoms with Crippen molar-refractivity contribution in [2.75, 3.05) is 0 Å². The molecule has 0 saturated carbocycles. The van der Waals surface area contributed by atoms with Gasteiger partial charge in [0.2, 0.25) is 0 Å². The van der Waals surface area contributed by atoms with Crippen LogP contribution >= 0.6 is 22.9 Å². The quantitative estimate of drug-likeness (QED) is 0.354. The van der Waals surface area contributed by atoms with Gasteiger partial charge in [-0.15, -0.1) is 11.3 Å². The van der Waals surface area contributed by atoms with Crippen molar-refractivity contribution in [3.63, 3.8) is 0 Å². The van der Waals surface area contributed by atoms with Crippen LogP contribution in [0.2, 0.25) is 5.15 Å². The van der Waals surface area contributed by atoms with E-state index >= 15 is 0 Å². The standard InChI is InChI=1S/C23H15ClN2S/c24-21-14-18(25-23(26-21)15-8-3-1-4-9-15)16-11-7-13-20-22(16)17-10-5-2-6-12-19(17)27-20/h1-9,11-14H,10H2. The Morgan fingerprint density at radius 2 is 1.81 bits per heavy atom. The lowest BCUT2D eigenvalue weighted by molar-refractivity contribution is 1.18. The molecule has 2 aromatic carbocycles. The van der Waals surface area contributed by atoms with Gasteiger partial charge in [-0.2, -0.15) is 0 Å². The number of rotatable bonds is 2. The average Bonchev–Trinajstić information content (AvgIpc) is 2.89. The minimum absolute atomic E-state index is 0.456. The zero-order valence-electron chi connectivity index (χ0n) is 14.4. The molecule has 27 heavy (non-hydrogen) atoms. The first-order valence-electron chi connectivity index (χ1n) is 8.77. The van der Waals surface area contributed by atoms with Gasteiger partial charge in [-0.05, 0) is 24.1 Å². The fourth-order valence-electron chi connectivity index (χ4n) is 3.46. The van der Waals surface area contributed by atoms with Crippen LogP contribution in [-0.2, 0) is 6.42 Å². The Hall–Kier alpha value is -2.75. The van der Waals surface area contributed by atoms with Crippen LogP contribution in [0.4, 0.5) is 0 Å². The molecular formula is C23H15ClN2S. The molecule has 2 nitrogen and oxygen atoms in total. The zero-order valence-corrected chi connectivity index (χ0v) is 16.0. The summed E-state index contributed by atoms with van der Waals surface area (Å²) >= 11 is 8.20. The zero-order chi connectivity index (χ0) is 18.2. The molecule has 0 unspecified atom stereocenters.